The Bertz CT molecular complexity index is 712. The van der Waals surface area contributed by atoms with E-state index in [0.717, 1.165) is 5.56 Å². The number of aryl methyl sites for hydroxylation is 2. The summed E-state index contributed by atoms with van der Waals surface area (Å²) >= 11 is 0. The van der Waals surface area contributed by atoms with E-state index in [1.54, 1.807) is 0 Å². The lowest BCUT2D eigenvalue weighted by Crippen LogP contribution is -2.59. The van der Waals surface area contributed by atoms with Crippen molar-refractivity contribution in [2.45, 2.75) is 43.8 Å². The van der Waals surface area contributed by atoms with Gasteiger partial charge in [0.2, 0.25) is 0 Å². The minimum Gasteiger partial charge on any atom is -0.383 e. The van der Waals surface area contributed by atoms with Crippen LogP contribution in [0.1, 0.15) is 24.8 Å². The highest BCUT2D eigenvalue weighted by Crippen LogP contribution is 2.44. The lowest BCUT2D eigenvalue weighted by atomic mass is 9.75. The molecule has 0 aliphatic heterocycles. The second kappa shape index (κ2) is 6.32. The summed E-state index contributed by atoms with van der Waals surface area (Å²) in [5.41, 5.74) is -1.15. The lowest BCUT2D eigenvalue weighted by molar-refractivity contribution is -0.212. The minimum absolute atomic E-state index is 0.0688. The van der Waals surface area contributed by atoms with E-state index in [1.807, 2.05) is 30.3 Å². The van der Waals surface area contributed by atoms with Gasteiger partial charge in [0.05, 0.1) is 6.20 Å². The number of aromatic nitrogens is 2. The summed E-state index contributed by atoms with van der Waals surface area (Å²) in [7, 11) is 0. The molecule has 0 saturated heterocycles. The average Bonchev–Trinajstić information content (AvgIpc) is 2.98. The number of carbonyl (C=O) groups is 1. The van der Waals surface area contributed by atoms with Gasteiger partial charge in [-0.1, -0.05) is 30.3 Å². The molecule has 1 aromatic carbocycles. The molecule has 0 radical (unpaired) electrons. The zero-order valence-corrected chi connectivity index (χ0v) is 13.1. The summed E-state index contributed by atoms with van der Waals surface area (Å²) < 4.78 is 29.7. The number of benzene rings is 1. The van der Waals surface area contributed by atoms with Gasteiger partial charge in [0.1, 0.15) is 11.4 Å². The van der Waals surface area contributed by atoms with Gasteiger partial charge in [-0.3, -0.25) is 4.79 Å². The molecule has 1 aromatic heterocycles. The molecule has 1 amide bonds. The number of anilines is 1. The first-order valence-corrected chi connectivity index (χ1v) is 7.90. The van der Waals surface area contributed by atoms with Crippen LogP contribution in [-0.4, -0.2) is 32.3 Å². The average molecular weight is 335 g/mol. The van der Waals surface area contributed by atoms with Gasteiger partial charge in [0.25, 0.3) is 5.91 Å². The minimum atomic E-state index is -3.82. The number of halogens is 2. The van der Waals surface area contributed by atoms with E-state index in [1.165, 1.54) is 16.9 Å². The number of rotatable bonds is 6. The molecule has 5 nitrogen and oxygen atoms in total. The van der Waals surface area contributed by atoms with Gasteiger partial charge in [0.15, 0.2) is 0 Å². The number of amides is 1. The quantitative estimate of drug-likeness (QED) is 0.853. The van der Waals surface area contributed by atoms with E-state index >= 15 is 0 Å². The van der Waals surface area contributed by atoms with Crippen LogP contribution >= 0.6 is 0 Å². The van der Waals surface area contributed by atoms with Crippen LogP contribution < -0.4 is 5.32 Å². The summed E-state index contributed by atoms with van der Waals surface area (Å²) in [6.07, 6.45) is 2.46. The Morgan fingerprint density at radius 1 is 1.29 bits per heavy atom. The Balaban J connectivity index is 1.66. The third kappa shape index (κ3) is 3.03. The fraction of sp³-hybridized carbons (Fsp3) is 0.412. The predicted octanol–water partition coefficient (Wildman–Crippen LogP) is 2.61. The van der Waals surface area contributed by atoms with Crippen LogP contribution in [-0.2, 0) is 17.8 Å². The molecule has 1 saturated carbocycles. The third-order valence-electron chi connectivity index (χ3n) is 4.46. The van der Waals surface area contributed by atoms with E-state index in [-0.39, 0.29) is 18.7 Å². The summed E-state index contributed by atoms with van der Waals surface area (Å²) in [6.45, 7) is 0.447. The first-order chi connectivity index (χ1) is 11.4. The fourth-order valence-electron chi connectivity index (χ4n) is 2.73. The highest BCUT2D eigenvalue weighted by atomic mass is 19.3. The highest BCUT2D eigenvalue weighted by molar-refractivity contribution is 5.96. The van der Waals surface area contributed by atoms with Crippen molar-refractivity contribution in [2.75, 3.05) is 5.32 Å². The van der Waals surface area contributed by atoms with Gasteiger partial charge in [0, 0.05) is 12.6 Å². The summed E-state index contributed by atoms with van der Waals surface area (Å²) in [5.74, 6) is -5.12. The van der Waals surface area contributed by atoms with Crippen LogP contribution in [0, 0.1) is 0 Å². The van der Waals surface area contributed by atoms with Gasteiger partial charge in [-0.2, -0.15) is 13.9 Å². The van der Waals surface area contributed by atoms with E-state index in [0.29, 0.717) is 19.4 Å². The molecule has 128 valence electrons. The molecule has 24 heavy (non-hydrogen) atoms. The molecule has 0 unspecified atom stereocenters. The third-order valence-corrected chi connectivity index (χ3v) is 4.46. The van der Waals surface area contributed by atoms with E-state index in [4.69, 9.17) is 0 Å². The molecule has 1 heterocycles. The first kappa shape index (κ1) is 16.6. The standard InChI is InChI=1S/C17H19F2N3O2/c18-17(19,16(24)9-4-10-16)15(23)21-14-7-11-20-22(14)12-8-13-5-2-1-3-6-13/h1-3,5-7,11,24H,4,8-10,12H2,(H,21,23). The molecule has 2 N–H and O–H groups in total. The Morgan fingerprint density at radius 3 is 2.62 bits per heavy atom. The van der Waals surface area contributed by atoms with Crippen molar-refractivity contribution in [3.63, 3.8) is 0 Å². The number of nitrogens with zero attached hydrogens (tertiary/aromatic N) is 2. The molecule has 0 spiro atoms. The molecule has 3 rings (SSSR count). The number of hydrogen-bond donors (Lipinski definition) is 2. The molecule has 1 aliphatic carbocycles. The smallest absolute Gasteiger partial charge is 0.352 e. The number of nitrogens with one attached hydrogen (secondary N) is 1. The molecule has 1 aliphatic rings. The van der Waals surface area contributed by atoms with Crippen molar-refractivity contribution in [3.8, 4) is 0 Å². The van der Waals surface area contributed by atoms with Crippen LogP contribution in [0.3, 0.4) is 0 Å². The van der Waals surface area contributed by atoms with Crippen LogP contribution in [0.5, 0.6) is 0 Å². The van der Waals surface area contributed by atoms with Crippen molar-refractivity contribution < 1.29 is 18.7 Å². The maximum absolute atomic E-state index is 14.1. The van der Waals surface area contributed by atoms with Gasteiger partial charge in [-0.05, 0) is 31.2 Å². The van der Waals surface area contributed by atoms with Crippen LogP contribution in [0.15, 0.2) is 42.6 Å². The molecule has 0 bridgehead atoms. The maximum Gasteiger partial charge on any atom is 0.352 e. The van der Waals surface area contributed by atoms with Gasteiger partial charge >= 0.3 is 5.92 Å². The Morgan fingerprint density at radius 2 is 2.00 bits per heavy atom. The van der Waals surface area contributed by atoms with Crippen LogP contribution in [0.4, 0.5) is 14.6 Å². The summed E-state index contributed by atoms with van der Waals surface area (Å²) in [6, 6.07) is 11.1. The van der Waals surface area contributed by atoms with Crippen molar-refractivity contribution >= 4 is 11.7 Å². The first-order valence-electron chi connectivity index (χ1n) is 7.90. The molecular weight excluding hydrogens is 316 g/mol. The molecule has 1 fully saturated rings. The fourth-order valence-corrected chi connectivity index (χ4v) is 2.73. The van der Waals surface area contributed by atoms with Crippen molar-refractivity contribution in [3.05, 3.63) is 48.2 Å². The Hall–Kier alpha value is -2.28. The van der Waals surface area contributed by atoms with Crippen molar-refractivity contribution in [2.24, 2.45) is 0 Å². The van der Waals surface area contributed by atoms with E-state index in [2.05, 4.69) is 10.4 Å². The predicted molar refractivity (Wildman–Crippen MR) is 84.8 cm³/mol. The van der Waals surface area contributed by atoms with E-state index in [9.17, 15) is 18.7 Å². The summed E-state index contributed by atoms with van der Waals surface area (Å²) in [5, 5.41) is 16.1. The zero-order chi connectivity index (χ0) is 17.2. The largest absolute Gasteiger partial charge is 0.383 e. The van der Waals surface area contributed by atoms with Crippen LogP contribution in [0.2, 0.25) is 0 Å². The lowest BCUT2D eigenvalue weighted by Gasteiger charge is -2.41. The second-order valence-corrected chi connectivity index (χ2v) is 6.09. The molecule has 2 aromatic rings. The number of aliphatic hydroxyl groups is 1. The van der Waals surface area contributed by atoms with Gasteiger partial charge in [-0.15, -0.1) is 0 Å². The number of hydrogen-bond acceptors (Lipinski definition) is 3. The Labute approximate surface area is 138 Å². The second-order valence-electron chi connectivity index (χ2n) is 6.09. The SMILES string of the molecule is O=C(Nc1ccnn1CCc1ccccc1)C(F)(F)C1(O)CCC1. The van der Waals surface area contributed by atoms with Gasteiger partial charge in [-0.25, -0.2) is 4.68 Å². The van der Waals surface area contributed by atoms with Crippen LogP contribution in [0.25, 0.3) is 0 Å². The Kier molecular flexibility index (Phi) is 4.36. The summed E-state index contributed by atoms with van der Waals surface area (Å²) in [4.78, 5) is 11.9. The monoisotopic (exact) mass is 335 g/mol. The van der Waals surface area contributed by atoms with Crippen molar-refractivity contribution in [1.29, 1.82) is 0 Å². The molecule has 7 heteroatoms. The zero-order valence-electron chi connectivity index (χ0n) is 13.1. The van der Waals surface area contributed by atoms with E-state index < -0.39 is 17.4 Å². The number of alkyl halides is 2. The van der Waals surface area contributed by atoms with Crippen molar-refractivity contribution in [1.82, 2.24) is 9.78 Å². The molecule has 0 atom stereocenters. The normalized spacial score (nSPS) is 16.5. The topological polar surface area (TPSA) is 67.2 Å². The number of carbonyl (C=O) groups excluding carboxylic acids is 1. The highest BCUT2D eigenvalue weighted by Gasteiger charge is 2.61. The maximum atomic E-state index is 14.1. The molecular formula is C17H19F2N3O2. The van der Waals surface area contributed by atoms with Gasteiger partial charge < -0.3 is 10.4 Å².